The smallest absolute Gasteiger partial charge is 0.217 e. The summed E-state index contributed by atoms with van der Waals surface area (Å²) in [6.07, 6.45) is 11.5. The SMILES string of the molecule is NC(=O)CCCCCN1Cc2cc3cn(CCCCCC(N)=O)cc3cc2C1. The molecule has 28 heavy (non-hydrogen) atoms. The second kappa shape index (κ2) is 9.73. The van der Waals surface area contributed by atoms with Gasteiger partial charge in [0.2, 0.25) is 11.8 Å². The summed E-state index contributed by atoms with van der Waals surface area (Å²) in [5.41, 5.74) is 13.2. The Kier molecular flexibility index (Phi) is 7.09. The number of aryl methyl sites for hydroxylation is 1. The van der Waals surface area contributed by atoms with E-state index in [9.17, 15) is 9.59 Å². The average molecular weight is 385 g/mol. The lowest BCUT2D eigenvalue weighted by Crippen LogP contribution is -2.17. The zero-order valence-corrected chi connectivity index (χ0v) is 16.7. The molecule has 1 aliphatic heterocycles. The fraction of sp³-hybridized carbons (Fsp3) is 0.545. The van der Waals surface area contributed by atoms with Crippen molar-refractivity contribution in [1.29, 1.82) is 0 Å². The standard InChI is InChI=1S/C22H32N4O2/c23-21(27)7-3-1-5-9-25-13-17-11-19-15-26(10-6-2-4-8-22(24)28)16-20(19)12-18(17)14-25/h11-14H,1-10,15-16H2,(H2,23,27)(H2,24,28). The molecule has 6 heteroatoms. The molecule has 0 spiro atoms. The van der Waals surface area contributed by atoms with Crippen molar-refractivity contribution in [3.63, 3.8) is 0 Å². The fourth-order valence-electron chi connectivity index (χ4n) is 4.05. The number of aromatic nitrogens is 1. The van der Waals surface area contributed by atoms with Gasteiger partial charge in [0, 0.05) is 44.9 Å². The van der Waals surface area contributed by atoms with Crippen LogP contribution in [0, 0.1) is 0 Å². The molecule has 1 aromatic heterocycles. The normalized spacial score (nSPS) is 13.9. The van der Waals surface area contributed by atoms with Gasteiger partial charge in [0.1, 0.15) is 0 Å². The molecule has 1 aliphatic rings. The maximum atomic E-state index is 10.8. The molecule has 6 nitrogen and oxygen atoms in total. The number of unbranched alkanes of at least 4 members (excludes halogenated alkanes) is 4. The molecule has 0 bridgehead atoms. The summed E-state index contributed by atoms with van der Waals surface area (Å²) in [6.45, 7) is 4.08. The van der Waals surface area contributed by atoms with Gasteiger partial charge in [-0.3, -0.25) is 14.5 Å². The molecule has 2 aromatic rings. The monoisotopic (exact) mass is 384 g/mol. The molecule has 3 rings (SSSR count). The van der Waals surface area contributed by atoms with Crippen molar-refractivity contribution in [3.8, 4) is 0 Å². The van der Waals surface area contributed by atoms with E-state index < -0.39 is 0 Å². The van der Waals surface area contributed by atoms with Crippen LogP contribution in [-0.4, -0.2) is 27.8 Å². The minimum atomic E-state index is -0.207. The molecule has 0 saturated carbocycles. The van der Waals surface area contributed by atoms with Crippen molar-refractivity contribution in [1.82, 2.24) is 9.47 Å². The number of rotatable bonds is 12. The van der Waals surface area contributed by atoms with Crippen LogP contribution < -0.4 is 11.5 Å². The van der Waals surface area contributed by atoms with Crippen molar-refractivity contribution in [2.75, 3.05) is 6.54 Å². The van der Waals surface area contributed by atoms with Crippen LogP contribution in [-0.2, 0) is 29.2 Å². The van der Waals surface area contributed by atoms with Crippen LogP contribution in [0.1, 0.15) is 62.5 Å². The molecule has 0 radical (unpaired) electrons. The highest BCUT2D eigenvalue weighted by Crippen LogP contribution is 2.29. The summed E-state index contributed by atoms with van der Waals surface area (Å²) in [5.74, 6) is -0.406. The zero-order chi connectivity index (χ0) is 19.9. The predicted molar refractivity (Wildman–Crippen MR) is 111 cm³/mol. The highest BCUT2D eigenvalue weighted by atomic mass is 16.1. The van der Waals surface area contributed by atoms with Crippen molar-refractivity contribution in [3.05, 3.63) is 35.7 Å². The van der Waals surface area contributed by atoms with Crippen LogP contribution in [0.2, 0.25) is 0 Å². The van der Waals surface area contributed by atoms with Crippen molar-refractivity contribution >= 4 is 22.6 Å². The molecule has 0 unspecified atom stereocenters. The van der Waals surface area contributed by atoms with Gasteiger partial charge in [0.25, 0.3) is 0 Å². The van der Waals surface area contributed by atoms with Gasteiger partial charge in [-0.05, 0) is 66.3 Å². The van der Waals surface area contributed by atoms with E-state index in [1.165, 1.54) is 21.9 Å². The van der Waals surface area contributed by atoms with Gasteiger partial charge < -0.3 is 16.0 Å². The molecule has 2 heterocycles. The number of hydrogen-bond donors (Lipinski definition) is 2. The van der Waals surface area contributed by atoms with Crippen molar-refractivity contribution in [2.24, 2.45) is 11.5 Å². The van der Waals surface area contributed by atoms with Gasteiger partial charge in [0.15, 0.2) is 0 Å². The number of benzene rings is 1. The van der Waals surface area contributed by atoms with Gasteiger partial charge in [0.05, 0.1) is 0 Å². The Morgan fingerprint density at radius 3 is 1.75 bits per heavy atom. The molecule has 0 atom stereocenters. The Hall–Kier alpha value is -2.34. The van der Waals surface area contributed by atoms with Crippen molar-refractivity contribution < 1.29 is 9.59 Å². The average Bonchev–Trinajstić information content (AvgIpc) is 3.20. The van der Waals surface area contributed by atoms with Gasteiger partial charge in [-0.25, -0.2) is 0 Å². The minimum Gasteiger partial charge on any atom is -0.370 e. The second-order valence-electron chi connectivity index (χ2n) is 8.01. The third-order valence-electron chi connectivity index (χ3n) is 5.54. The van der Waals surface area contributed by atoms with E-state index in [-0.39, 0.29) is 11.8 Å². The van der Waals surface area contributed by atoms with E-state index in [1.54, 1.807) is 0 Å². The summed E-state index contributed by atoms with van der Waals surface area (Å²) >= 11 is 0. The van der Waals surface area contributed by atoms with Crippen LogP contribution in [0.15, 0.2) is 24.5 Å². The molecule has 152 valence electrons. The van der Waals surface area contributed by atoms with Crippen LogP contribution in [0.5, 0.6) is 0 Å². The van der Waals surface area contributed by atoms with Gasteiger partial charge in [-0.15, -0.1) is 0 Å². The lowest BCUT2D eigenvalue weighted by Gasteiger charge is -2.14. The Bertz CT molecular complexity index is 784. The number of amides is 2. The van der Waals surface area contributed by atoms with Gasteiger partial charge in [-0.1, -0.05) is 12.8 Å². The number of nitrogens with zero attached hydrogens (tertiary/aromatic N) is 2. The van der Waals surface area contributed by atoms with Crippen LogP contribution >= 0.6 is 0 Å². The van der Waals surface area contributed by atoms with Crippen molar-refractivity contribution in [2.45, 2.75) is 71.0 Å². The Labute approximate surface area is 166 Å². The number of primary amides is 2. The highest BCUT2D eigenvalue weighted by Gasteiger charge is 2.19. The van der Waals surface area contributed by atoms with E-state index >= 15 is 0 Å². The fourth-order valence-corrected chi connectivity index (χ4v) is 4.05. The minimum absolute atomic E-state index is 0.199. The van der Waals surface area contributed by atoms with E-state index in [0.29, 0.717) is 12.8 Å². The van der Waals surface area contributed by atoms with Gasteiger partial charge in [-0.2, -0.15) is 0 Å². The first kappa shape index (κ1) is 20.4. The van der Waals surface area contributed by atoms with Crippen LogP contribution in [0.3, 0.4) is 0 Å². The summed E-state index contributed by atoms with van der Waals surface area (Å²) in [4.78, 5) is 24.1. The maximum Gasteiger partial charge on any atom is 0.217 e. The van der Waals surface area contributed by atoms with E-state index in [2.05, 4.69) is 34.0 Å². The highest BCUT2D eigenvalue weighted by molar-refractivity contribution is 5.84. The Morgan fingerprint density at radius 1 is 0.750 bits per heavy atom. The summed E-state index contributed by atoms with van der Waals surface area (Å²) < 4.78 is 2.26. The first-order valence-electron chi connectivity index (χ1n) is 10.4. The number of nitrogens with two attached hydrogens (primary N) is 2. The number of carbonyl (C=O) groups is 2. The van der Waals surface area contributed by atoms with Crippen LogP contribution in [0.4, 0.5) is 0 Å². The maximum absolute atomic E-state index is 10.8. The lowest BCUT2D eigenvalue weighted by molar-refractivity contribution is -0.119. The Morgan fingerprint density at radius 2 is 1.25 bits per heavy atom. The Balaban J connectivity index is 1.46. The molecule has 4 N–H and O–H groups in total. The first-order valence-corrected chi connectivity index (χ1v) is 10.4. The molecule has 0 saturated heterocycles. The van der Waals surface area contributed by atoms with E-state index in [4.69, 9.17) is 11.5 Å². The largest absolute Gasteiger partial charge is 0.370 e. The molecule has 1 aromatic carbocycles. The number of carbonyl (C=O) groups excluding carboxylic acids is 2. The third kappa shape index (κ3) is 5.83. The molecule has 2 amide bonds. The quantitative estimate of drug-likeness (QED) is 0.551. The zero-order valence-electron chi connectivity index (χ0n) is 16.7. The molecular formula is C22H32N4O2. The van der Waals surface area contributed by atoms with E-state index in [1.807, 2.05) is 0 Å². The van der Waals surface area contributed by atoms with Crippen LogP contribution in [0.25, 0.3) is 10.8 Å². The first-order chi connectivity index (χ1) is 13.5. The molecule has 0 aliphatic carbocycles. The lowest BCUT2D eigenvalue weighted by atomic mass is 10.1. The topological polar surface area (TPSA) is 94.3 Å². The third-order valence-corrected chi connectivity index (χ3v) is 5.54. The summed E-state index contributed by atoms with van der Waals surface area (Å²) in [6, 6.07) is 4.67. The number of fused-ring (bicyclic) bond motifs is 2. The predicted octanol–water partition coefficient (Wildman–Crippen LogP) is 3.05. The second-order valence-corrected chi connectivity index (χ2v) is 8.01. The van der Waals surface area contributed by atoms with E-state index in [0.717, 1.165) is 64.7 Å². The van der Waals surface area contributed by atoms with Gasteiger partial charge >= 0.3 is 0 Å². The molecule has 0 fully saturated rings. The molecular weight excluding hydrogens is 352 g/mol. The summed E-state index contributed by atoms with van der Waals surface area (Å²) in [5, 5.41) is 2.61. The number of hydrogen-bond acceptors (Lipinski definition) is 3. The summed E-state index contributed by atoms with van der Waals surface area (Å²) in [7, 11) is 0.